The van der Waals surface area contributed by atoms with Crippen LogP contribution in [0.5, 0.6) is 0 Å². The summed E-state index contributed by atoms with van der Waals surface area (Å²) in [4.78, 5) is 0. The molecule has 0 saturated heterocycles. The highest BCUT2D eigenvalue weighted by Gasteiger charge is 2.06. The first-order chi connectivity index (χ1) is 14.1. The van der Waals surface area contributed by atoms with Crippen LogP contribution in [0.4, 0.5) is 0 Å². The molecule has 0 aliphatic rings. The molecule has 0 heteroatoms. The van der Waals surface area contributed by atoms with Gasteiger partial charge in [-0.2, -0.15) is 0 Å². The van der Waals surface area contributed by atoms with Crippen molar-refractivity contribution < 1.29 is 0 Å². The number of unbranched alkanes of at least 4 members (excludes halogenated alkanes) is 9. The smallest absolute Gasteiger partial charge is 0.0325 e. The zero-order chi connectivity index (χ0) is 21.6. The van der Waals surface area contributed by atoms with Gasteiger partial charge >= 0.3 is 0 Å². The zero-order valence-corrected chi connectivity index (χ0v) is 21.3. The summed E-state index contributed by atoms with van der Waals surface area (Å²) in [7, 11) is 0. The maximum absolute atomic E-state index is 2.49. The van der Waals surface area contributed by atoms with Gasteiger partial charge in [0.1, 0.15) is 0 Å². The number of hydrogen-bond acceptors (Lipinski definition) is 0. The van der Waals surface area contributed by atoms with Crippen molar-refractivity contribution in [1.29, 1.82) is 0 Å². The van der Waals surface area contributed by atoms with Crippen LogP contribution in [-0.4, -0.2) is 0 Å². The first kappa shape index (κ1) is 28.7. The Balaban J connectivity index is 3.43. The van der Waals surface area contributed by atoms with Crippen molar-refractivity contribution in [3.63, 3.8) is 0 Å². The molecule has 0 aromatic heterocycles. The van der Waals surface area contributed by atoms with Crippen molar-refractivity contribution in [3.05, 3.63) is 12.2 Å². The maximum Gasteiger partial charge on any atom is -0.0325 e. The first-order valence-corrected chi connectivity index (χ1v) is 13.7. The molecular formula is C29H58. The van der Waals surface area contributed by atoms with Gasteiger partial charge in [-0.1, -0.05) is 156 Å². The van der Waals surface area contributed by atoms with Gasteiger partial charge in [0, 0.05) is 0 Å². The van der Waals surface area contributed by atoms with Gasteiger partial charge in [-0.15, -0.1) is 0 Å². The molecule has 0 aromatic carbocycles. The minimum Gasteiger partial charge on any atom is -0.0885 e. The molecule has 0 aliphatic heterocycles. The van der Waals surface area contributed by atoms with Crippen LogP contribution in [0.2, 0.25) is 0 Å². The zero-order valence-electron chi connectivity index (χ0n) is 21.3. The van der Waals surface area contributed by atoms with E-state index >= 15 is 0 Å². The average Bonchev–Trinajstić information content (AvgIpc) is 2.70. The van der Waals surface area contributed by atoms with Crippen molar-refractivity contribution in [2.75, 3.05) is 0 Å². The van der Waals surface area contributed by atoms with Gasteiger partial charge < -0.3 is 0 Å². The monoisotopic (exact) mass is 406 g/mol. The van der Waals surface area contributed by atoms with Gasteiger partial charge in [0.2, 0.25) is 0 Å². The molecule has 0 saturated carbocycles. The summed E-state index contributed by atoms with van der Waals surface area (Å²) in [5, 5.41) is 0. The van der Waals surface area contributed by atoms with Crippen LogP contribution in [0.15, 0.2) is 12.2 Å². The van der Waals surface area contributed by atoms with E-state index in [-0.39, 0.29) is 0 Å². The molecule has 0 radical (unpaired) electrons. The van der Waals surface area contributed by atoms with Crippen LogP contribution in [0.1, 0.15) is 157 Å². The average molecular weight is 407 g/mol. The molecule has 0 rings (SSSR count). The van der Waals surface area contributed by atoms with Crippen molar-refractivity contribution in [2.45, 2.75) is 157 Å². The van der Waals surface area contributed by atoms with Crippen LogP contribution in [0, 0.1) is 17.8 Å². The Morgan fingerprint density at radius 1 is 0.448 bits per heavy atom. The highest BCUT2D eigenvalue weighted by Crippen LogP contribution is 2.22. The second-order valence-corrected chi connectivity index (χ2v) is 10.3. The lowest BCUT2D eigenvalue weighted by Crippen LogP contribution is -2.00. The summed E-state index contributed by atoms with van der Waals surface area (Å²) < 4.78 is 0. The highest BCUT2D eigenvalue weighted by atomic mass is 14.1. The minimum absolute atomic E-state index is 0.868. The van der Waals surface area contributed by atoms with E-state index in [9.17, 15) is 0 Å². The molecule has 0 aromatic rings. The van der Waals surface area contributed by atoms with Crippen LogP contribution >= 0.6 is 0 Å². The van der Waals surface area contributed by atoms with Crippen LogP contribution < -0.4 is 0 Å². The van der Waals surface area contributed by atoms with Crippen LogP contribution in [0.25, 0.3) is 0 Å². The molecule has 0 N–H and O–H groups in total. The Hall–Kier alpha value is -0.260. The molecule has 0 bridgehead atoms. The molecule has 0 fully saturated rings. The molecule has 0 aliphatic carbocycles. The Morgan fingerprint density at radius 3 is 1.45 bits per heavy atom. The van der Waals surface area contributed by atoms with E-state index in [4.69, 9.17) is 0 Å². The predicted molar refractivity (Wildman–Crippen MR) is 136 cm³/mol. The Bertz CT molecular complexity index is 329. The van der Waals surface area contributed by atoms with Crippen molar-refractivity contribution in [3.8, 4) is 0 Å². The molecule has 0 spiro atoms. The maximum atomic E-state index is 2.49. The predicted octanol–water partition coefficient (Wildman–Crippen LogP) is 10.9. The van der Waals surface area contributed by atoms with Gasteiger partial charge in [0.25, 0.3) is 0 Å². The topological polar surface area (TPSA) is 0 Å². The first-order valence-electron chi connectivity index (χ1n) is 13.7. The van der Waals surface area contributed by atoms with Crippen LogP contribution in [0.3, 0.4) is 0 Å². The molecular weight excluding hydrogens is 348 g/mol. The van der Waals surface area contributed by atoms with E-state index in [1.54, 1.807) is 0 Å². The fourth-order valence-corrected chi connectivity index (χ4v) is 4.45. The van der Waals surface area contributed by atoms with E-state index < -0.39 is 0 Å². The SMILES string of the molecule is CCC/C=C/CC(C)CCCC(C)CCCCC(C)CCCCCCCCCC. The van der Waals surface area contributed by atoms with E-state index in [0.717, 1.165) is 17.8 Å². The molecule has 0 amide bonds. The van der Waals surface area contributed by atoms with E-state index in [2.05, 4.69) is 46.8 Å². The Morgan fingerprint density at radius 2 is 0.897 bits per heavy atom. The van der Waals surface area contributed by atoms with Gasteiger partial charge in [0.15, 0.2) is 0 Å². The number of allylic oxidation sites excluding steroid dienone is 2. The summed E-state index contributed by atoms with van der Waals surface area (Å²) in [6, 6.07) is 0. The summed E-state index contributed by atoms with van der Waals surface area (Å²) in [6.07, 6.45) is 31.8. The molecule has 0 heterocycles. The lowest BCUT2D eigenvalue weighted by atomic mass is 9.91. The Labute approximate surface area is 186 Å². The van der Waals surface area contributed by atoms with Gasteiger partial charge in [-0.3, -0.25) is 0 Å². The second-order valence-electron chi connectivity index (χ2n) is 10.3. The largest absolute Gasteiger partial charge is 0.0885 e. The third-order valence-electron chi connectivity index (χ3n) is 6.75. The van der Waals surface area contributed by atoms with Crippen LogP contribution in [-0.2, 0) is 0 Å². The van der Waals surface area contributed by atoms with E-state index in [1.165, 1.54) is 122 Å². The number of hydrogen-bond donors (Lipinski definition) is 0. The van der Waals surface area contributed by atoms with Crippen molar-refractivity contribution >= 4 is 0 Å². The third-order valence-corrected chi connectivity index (χ3v) is 6.75. The second kappa shape index (κ2) is 22.4. The third kappa shape index (κ3) is 22.3. The molecule has 0 nitrogen and oxygen atoms in total. The van der Waals surface area contributed by atoms with E-state index in [0.29, 0.717) is 0 Å². The lowest BCUT2D eigenvalue weighted by molar-refractivity contribution is 0.391. The fourth-order valence-electron chi connectivity index (χ4n) is 4.45. The summed E-state index contributed by atoms with van der Waals surface area (Å²) >= 11 is 0. The van der Waals surface area contributed by atoms with Gasteiger partial charge in [-0.05, 0) is 30.6 Å². The van der Waals surface area contributed by atoms with Gasteiger partial charge in [-0.25, -0.2) is 0 Å². The standard InChI is InChI=1S/C29H58/c1-6-8-10-12-13-14-15-17-22-27(3)23-18-19-24-29(5)26-20-25-28(4)21-16-11-9-7-2/h11,16,27-29H,6-10,12-15,17-26H2,1-5H3/b16-11+. The summed E-state index contributed by atoms with van der Waals surface area (Å²) in [5.74, 6) is 2.75. The fraction of sp³-hybridized carbons (Fsp3) is 0.931. The summed E-state index contributed by atoms with van der Waals surface area (Å²) in [6.45, 7) is 12.0. The molecule has 3 unspecified atom stereocenters. The minimum atomic E-state index is 0.868. The van der Waals surface area contributed by atoms with Gasteiger partial charge in [0.05, 0.1) is 0 Å². The van der Waals surface area contributed by atoms with Crippen molar-refractivity contribution in [2.24, 2.45) is 17.8 Å². The lowest BCUT2D eigenvalue weighted by Gasteiger charge is -2.15. The van der Waals surface area contributed by atoms with Crippen molar-refractivity contribution in [1.82, 2.24) is 0 Å². The molecule has 174 valence electrons. The normalized spacial score (nSPS) is 15.1. The molecule has 3 atom stereocenters. The quantitative estimate of drug-likeness (QED) is 0.124. The highest BCUT2D eigenvalue weighted by molar-refractivity contribution is 4.82. The Kier molecular flexibility index (Phi) is 22.2. The van der Waals surface area contributed by atoms with E-state index in [1.807, 2.05) is 0 Å². The number of rotatable bonds is 22. The summed E-state index contributed by atoms with van der Waals surface area (Å²) in [5.41, 5.74) is 0. The molecule has 29 heavy (non-hydrogen) atoms.